The van der Waals surface area contributed by atoms with Crippen LogP contribution in [0.5, 0.6) is 0 Å². The Morgan fingerprint density at radius 1 is 1.05 bits per heavy atom. The van der Waals surface area contributed by atoms with Gasteiger partial charge < -0.3 is 0 Å². The molecule has 3 nitrogen and oxygen atoms in total. The predicted octanol–water partition coefficient (Wildman–Crippen LogP) is 5.07. The van der Waals surface area contributed by atoms with Gasteiger partial charge in [0.05, 0.1) is 21.3 Å². The van der Waals surface area contributed by atoms with Crippen LogP contribution < -0.4 is 0 Å². The molecular formula is C17H17ClN2OS. The molecule has 0 saturated carbocycles. The second-order valence-electron chi connectivity index (χ2n) is 5.01. The van der Waals surface area contributed by atoms with E-state index in [1.807, 2.05) is 42.5 Å². The first-order valence-corrected chi connectivity index (χ1v) is 8.59. The number of nitrogens with zero attached hydrogens (tertiary/aromatic N) is 2. The SMILES string of the molecule is CCCn1sc2ccccc2n(C(=O)CCl)c2ccccc21. The van der Waals surface area contributed by atoms with Crippen molar-refractivity contribution in [3.05, 3.63) is 48.5 Å². The molecule has 2 aromatic carbocycles. The van der Waals surface area contributed by atoms with Crippen molar-refractivity contribution in [2.75, 3.05) is 5.88 Å². The highest BCUT2D eigenvalue weighted by molar-refractivity contribution is 7.13. The predicted molar refractivity (Wildman–Crippen MR) is 94.6 cm³/mol. The van der Waals surface area contributed by atoms with Gasteiger partial charge in [0.1, 0.15) is 5.88 Å². The van der Waals surface area contributed by atoms with Gasteiger partial charge in [-0.3, -0.25) is 13.3 Å². The van der Waals surface area contributed by atoms with Crippen LogP contribution in [-0.4, -0.2) is 20.3 Å². The van der Waals surface area contributed by atoms with Gasteiger partial charge in [-0.2, -0.15) is 0 Å². The van der Waals surface area contributed by atoms with Gasteiger partial charge in [0, 0.05) is 6.54 Å². The molecule has 0 aliphatic carbocycles. The largest absolute Gasteiger partial charge is 0.295 e. The van der Waals surface area contributed by atoms with E-state index in [1.165, 1.54) is 0 Å². The Hall–Kier alpha value is -1.78. The van der Waals surface area contributed by atoms with E-state index in [0.29, 0.717) is 0 Å². The number of aryl methyl sites for hydroxylation is 1. The first kappa shape index (κ1) is 15.1. The van der Waals surface area contributed by atoms with Gasteiger partial charge in [0.25, 0.3) is 0 Å². The van der Waals surface area contributed by atoms with E-state index < -0.39 is 0 Å². The summed E-state index contributed by atoms with van der Waals surface area (Å²) in [5, 5.41) is 0. The number of carbonyl (C=O) groups is 1. The first-order chi connectivity index (χ1) is 10.8. The van der Waals surface area contributed by atoms with Crippen LogP contribution in [-0.2, 0) is 6.54 Å². The Balaban J connectivity index is 2.57. The van der Waals surface area contributed by atoms with Crippen molar-refractivity contribution in [2.45, 2.75) is 19.9 Å². The number of aromatic nitrogens is 2. The average molecular weight is 333 g/mol. The third-order valence-electron chi connectivity index (χ3n) is 3.50. The lowest BCUT2D eigenvalue weighted by Crippen LogP contribution is -2.13. The first-order valence-electron chi connectivity index (χ1n) is 7.28. The summed E-state index contributed by atoms with van der Waals surface area (Å²) in [6.45, 7) is 3.07. The Morgan fingerprint density at radius 3 is 2.36 bits per heavy atom. The molecule has 114 valence electrons. The van der Waals surface area contributed by atoms with Crippen molar-refractivity contribution in [2.24, 2.45) is 0 Å². The summed E-state index contributed by atoms with van der Waals surface area (Å²) in [6, 6.07) is 15.9. The topological polar surface area (TPSA) is 26.9 Å². The molecule has 0 aliphatic rings. The van der Waals surface area contributed by atoms with E-state index in [4.69, 9.17) is 11.6 Å². The van der Waals surface area contributed by atoms with Crippen LogP contribution in [0, 0.1) is 0 Å². The minimum absolute atomic E-state index is 0.0406. The van der Waals surface area contributed by atoms with Gasteiger partial charge in [0.15, 0.2) is 0 Å². The minimum Gasteiger partial charge on any atom is -0.295 e. The number of fused-ring (bicyclic) bond motifs is 2. The Kier molecular flexibility index (Phi) is 4.50. The molecule has 0 N–H and O–H groups in total. The number of hydrogen-bond acceptors (Lipinski definition) is 2. The third kappa shape index (κ3) is 2.64. The number of rotatable bonds is 3. The van der Waals surface area contributed by atoms with E-state index in [2.05, 4.69) is 16.9 Å². The van der Waals surface area contributed by atoms with Crippen LogP contribution in [0.1, 0.15) is 18.1 Å². The van der Waals surface area contributed by atoms with Gasteiger partial charge in [-0.1, -0.05) is 42.7 Å². The number of halogens is 1. The maximum atomic E-state index is 12.5. The summed E-state index contributed by atoms with van der Waals surface area (Å²) in [7, 11) is 0. The standard InChI is InChI=1S/C17H17ClN2OS/c1-2-11-19-13-7-3-4-8-14(13)20(17(21)12-18)15-9-5-6-10-16(15)22-19/h3-10H,2,11-12H2,1H3. The Morgan fingerprint density at radius 2 is 1.68 bits per heavy atom. The van der Waals surface area contributed by atoms with Crippen molar-refractivity contribution >= 4 is 50.3 Å². The van der Waals surface area contributed by atoms with Crippen molar-refractivity contribution in [3.63, 3.8) is 0 Å². The summed E-state index contributed by atoms with van der Waals surface area (Å²) in [6.07, 6.45) is 1.03. The molecule has 0 amide bonds. The summed E-state index contributed by atoms with van der Waals surface area (Å²) in [5.41, 5.74) is 2.83. The Bertz CT molecular complexity index is 873. The molecule has 1 aromatic heterocycles. The monoisotopic (exact) mass is 332 g/mol. The molecule has 0 fully saturated rings. The fourth-order valence-corrected chi connectivity index (χ4v) is 3.85. The average Bonchev–Trinajstić information content (AvgIpc) is 2.69. The smallest absolute Gasteiger partial charge is 0.246 e. The highest BCUT2D eigenvalue weighted by Crippen LogP contribution is 2.25. The van der Waals surface area contributed by atoms with Gasteiger partial charge in [-0.25, -0.2) is 0 Å². The van der Waals surface area contributed by atoms with E-state index in [1.54, 1.807) is 16.1 Å². The number of carbonyl (C=O) groups excluding carboxylic acids is 1. The molecule has 0 saturated heterocycles. The highest BCUT2D eigenvalue weighted by atomic mass is 35.5. The molecule has 0 unspecified atom stereocenters. The lowest BCUT2D eigenvalue weighted by atomic mass is 10.2. The molecule has 0 radical (unpaired) electrons. The summed E-state index contributed by atoms with van der Waals surface area (Å²) in [4.78, 5) is 12.5. The number of alkyl halides is 1. The summed E-state index contributed by atoms with van der Waals surface area (Å²) >= 11 is 7.53. The van der Waals surface area contributed by atoms with E-state index >= 15 is 0 Å². The second kappa shape index (κ2) is 6.55. The lowest BCUT2D eigenvalue weighted by molar-refractivity contribution is 0.0949. The van der Waals surface area contributed by atoms with Gasteiger partial charge >= 0.3 is 0 Å². The van der Waals surface area contributed by atoms with Gasteiger partial charge in [-0.15, -0.1) is 11.6 Å². The Labute approximate surface area is 138 Å². The summed E-state index contributed by atoms with van der Waals surface area (Å²) in [5.74, 6) is -0.151. The van der Waals surface area contributed by atoms with E-state index in [-0.39, 0.29) is 11.8 Å². The third-order valence-corrected chi connectivity index (χ3v) is 4.87. The van der Waals surface area contributed by atoms with Crippen LogP contribution in [0.2, 0.25) is 0 Å². The summed E-state index contributed by atoms with van der Waals surface area (Å²) < 4.78 is 5.04. The molecule has 0 aliphatic heterocycles. The maximum Gasteiger partial charge on any atom is 0.246 e. The molecule has 1 heterocycles. The zero-order valence-electron chi connectivity index (χ0n) is 12.3. The number of hydrogen-bond donors (Lipinski definition) is 0. The van der Waals surface area contributed by atoms with E-state index in [0.717, 1.165) is 34.2 Å². The van der Waals surface area contributed by atoms with Crippen molar-refractivity contribution in [1.29, 1.82) is 0 Å². The zero-order valence-corrected chi connectivity index (χ0v) is 13.9. The fourth-order valence-electron chi connectivity index (χ4n) is 2.58. The van der Waals surface area contributed by atoms with Crippen molar-refractivity contribution in [1.82, 2.24) is 8.52 Å². The number of para-hydroxylation sites is 3. The van der Waals surface area contributed by atoms with Gasteiger partial charge in [0.2, 0.25) is 5.91 Å². The van der Waals surface area contributed by atoms with Crippen LogP contribution in [0.3, 0.4) is 0 Å². The van der Waals surface area contributed by atoms with Gasteiger partial charge in [-0.05, 0) is 30.7 Å². The van der Waals surface area contributed by atoms with Crippen LogP contribution in [0.4, 0.5) is 0 Å². The minimum atomic E-state index is -0.111. The molecule has 3 aromatic rings. The quantitative estimate of drug-likeness (QED) is 0.615. The van der Waals surface area contributed by atoms with Crippen molar-refractivity contribution in [3.8, 4) is 0 Å². The molecule has 22 heavy (non-hydrogen) atoms. The fraction of sp³-hybridized carbons (Fsp3) is 0.235. The molecule has 0 atom stereocenters. The molecule has 5 heteroatoms. The normalized spacial score (nSPS) is 11.0. The lowest BCUT2D eigenvalue weighted by Gasteiger charge is -2.08. The zero-order chi connectivity index (χ0) is 15.5. The molecule has 0 bridgehead atoms. The van der Waals surface area contributed by atoms with E-state index in [9.17, 15) is 4.79 Å². The highest BCUT2D eigenvalue weighted by Gasteiger charge is 2.11. The van der Waals surface area contributed by atoms with Crippen LogP contribution >= 0.6 is 23.1 Å². The number of benzene rings is 2. The van der Waals surface area contributed by atoms with Crippen LogP contribution in [0.25, 0.3) is 21.3 Å². The van der Waals surface area contributed by atoms with Crippen molar-refractivity contribution < 1.29 is 4.79 Å². The maximum absolute atomic E-state index is 12.5. The second-order valence-corrected chi connectivity index (χ2v) is 6.34. The molecule has 0 spiro atoms. The molecular weight excluding hydrogens is 316 g/mol. The molecule has 3 rings (SSSR count). The van der Waals surface area contributed by atoms with Crippen LogP contribution in [0.15, 0.2) is 48.5 Å².